The predicted molar refractivity (Wildman–Crippen MR) is 78.6 cm³/mol. The minimum atomic E-state index is -4.28. The first-order valence-electron chi connectivity index (χ1n) is 8.30. The van der Waals surface area contributed by atoms with Crippen LogP contribution in [0.4, 0.5) is 13.2 Å². The molecule has 0 N–H and O–H groups in total. The van der Waals surface area contributed by atoms with Crippen molar-refractivity contribution < 1.29 is 18.0 Å². The number of aromatic nitrogens is 2. The number of carbonyl (C=O) groups excluding carboxylic acids is 1. The quantitative estimate of drug-likeness (QED) is 0.834. The monoisotopic (exact) mass is 329 g/mol. The Balaban J connectivity index is 1.71. The molecular formula is C16H22F3N3O. The molecule has 0 spiro atoms. The highest BCUT2D eigenvalue weighted by atomic mass is 19.4. The lowest BCUT2D eigenvalue weighted by atomic mass is 9.77. The van der Waals surface area contributed by atoms with Gasteiger partial charge in [0.2, 0.25) is 5.91 Å². The SMILES string of the molecule is O=C([C@@H]1CCCC[C@@H]1C(F)(F)F)N1CCC[C@H](n2ccnc2)C1. The molecule has 0 bridgehead atoms. The number of carbonyl (C=O) groups is 1. The summed E-state index contributed by atoms with van der Waals surface area (Å²) in [6.45, 7) is 1.04. The smallest absolute Gasteiger partial charge is 0.340 e. The topological polar surface area (TPSA) is 38.1 Å². The Bertz CT molecular complexity index is 529. The second kappa shape index (κ2) is 6.53. The minimum absolute atomic E-state index is 0.0820. The van der Waals surface area contributed by atoms with Gasteiger partial charge >= 0.3 is 6.18 Å². The number of rotatable bonds is 2. The fourth-order valence-corrected chi connectivity index (χ4v) is 3.94. The molecule has 1 aromatic heterocycles. The van der Waals surface area contributed by atoms with Crippen LogP contribution in [0, 0.1) is 11.8 Å². The van der Waals surface area contributed by atoms with Crippen molar-refractivity contribution in [1.29, 1.82) is 0 Å². The van der Waals surface area contributed by atoms with Gasteiger partial charge < -0.3 is 9.47 Å². The van der Waals surface area contributed by atoms with Crippen LogP contribution in [-0.2, 0) is 4.79 Å². The standard InChI is InChI=1S/C16H22F3N3O/c17-16(18,19)14-6-2-1-5-13(14)15(23)21-8-3-4-12(10-21)22-9-7-20-11-22/h7,9,11-14H,1-6,8,10H2/t12-,13+,14-/m0/s1. The van der Waals surface area contributed by atoms with Gasteiger partial charge in [0, 0.05) is 31.4 Å². The lowest BCUT2D eigenvalue weighted by Crippen LogP contribution is -2.48. The molecule has 2 aliphatic rings. The molecule has 4 nitrogen and oxygen atoms in total. The minimum Gasteiger partial charge on any atom is -0.340 e. The van der Waals surface area contributed by atoms with Crippen molar-refractivity contribution in [2.75, 3.05) is 13.1 Å². The number of halogens is 3. The molecular weight excluding hydrogens is 307 g/mol. The first-order chi connectivity index (χ1) is 11.0. The van der Waals surface area contributed by atoms with Crippen LogP contribution in [0.1, 0.15) is 44.6 Å². The Morgan fingerprint density at radius 2 is 1.91 bits per heavy atom. The number of amides is 1. The van der Waals surface area contributed by atoms with Gasteiger partial charge in [-0.05, 0) is 25.7 Å². The molecule has 1 aromatic rings. The Morgan fingerprint density at radius 3 is 2.61 bits per heavy atom. The number of hydrogen-bond donors (Lipinski definition) is 0. The van der Waals surface area contributed by atoms with Crippen LogP contribution in [0.2, 0.25) is 0 Å². The van der Waals surface area contributed by atoms with E-state index in [1.807, 2.05) is 10.8 Å². The summed E-state index contributed by atoms with van der Waals surface area (Å²) in [5, 5.41) is 0. The van der Waals surface area contributed by atoms with Crippen molar-refractivity contribution in [3.63, 3.8) is 0 Å². The van der Waals surface area contributed by atoms with Crippen molar-refractivity contribution in [2.45, 2.75) is 50.7 Å². The fourth-order valence-electron chi connectivity index (χ4n) is 3.94. The molecule has 23 heavy (non-hydrogen) atoms. The van der Waals surface area contributed by atoms with E-state index in [1.54, 1.807) is 17.4 Å². The summed E-state index contributed by atoms with van der Waals surface area (Å²) in [6, 6.07) is 0.114. The molecule has 1 amide bonds. The van der Waals surface area contributed by atoms with Crippen LogP contribution < -0.4 is 0 Å². The zero-order chi connectivity index (χ0) is 16.4. The largest absolute Gasteiger partial charge is 0.392 e. The summed E-state index contributed by atoms with van der Waals surface area (Å²) in [4.78, 5) is 18.4. The number of nitrogens with zero attached hydrogens (tertiary/aromatic N) is 3. The van der Waals surface area contributed by atoms with Crippen LogP contribution in [0.5, 0.6) is 0 Å². The van der Waals surface area contributed by atoms with Gasteiger partial charge in [-0.15, -0.1) is 0 Å². The van der Waals surface area contributed by atoms with Gasteiger partial charge in [0.15, 0.2) is 0 Å². The zero-order valence-corrected chi connectivity index (χ0v) is 13.0. The molecule has 3 rings (SSSR count). The third-order valence-electron chi connectivity index (χ3n) is 5.16. The number of piperidine rings is 1. The van der Waals surface area contributed by atoms with E-state index in [2.05, 4.69) is 4.98 Å². The van der Waals surface area contributed by atoms with E-state index in [1.165, 1.54) is 0 Å². The van der Waals surface area contributed by atoms with E-state index in [0.717, 1.165) is 12.8 Å². The van der Waals surface area contributed by atoms with E-state index in [4.69, 9.17) is 0 Å². The Hall–Kier alpha value is -1.53. The van der Waals surface area contributed by atoms with Gasteiger partial charge in [0.1, 0.15) is 0 Å². The van der Waals surface area contributed by atoms with Gasteiger partial charge in [0.05, 0.1) is 18.3 Å². The summed E-state index contributed by atoms with van der Waals surface area (Å²) in [7, 11) is 0. The Labute approximate surface area is 133 Å². The predicted octanol–water partition coefficient (Wildman–Crippen LogP) is 3.42. The molecule has 0 radical (unpaired) electrons. The molecule has 0 unspecified atom stereocenters. The lowest BCUT2D eigenvalue weighted by molar-refractivity contribution is -0.201. The van der Waals surface area contributed by atoms with E-state index < -0.39 is 18.0 Å². The molecule has 3 atom stereocenters. The van der Waals surface area contributed by atoms with Crippen molar-refractivity contribution in [3.8, 4) is 0 Å². The third-order valence-corrected chi connectivity index (χ3v) is 5.16. The highest BCUT2D eigenvalue weighted by molar-refractivity contribution is 5.79. The normalized spacial score (nSPS) is 29.5. The summed E-state index contributed by atoms with van der Waals surface area (Å²) < 4.78 is 41.7. The van der Waals surface area contributed by atoms with E-state index in [-0.39, 0.29) is 18.4 Å². The van der Waals surface area contributed by atoms with Crippen molar-refractivity contribution in [1.82, 2.24) is 14.5 Å². The fraction of sp³-hybridized carbons (Fsp3) is 0.750. The summed E-state index contributed by atoms with van der Waals surface area (Å²) >= 11 is 0. The van der Waals surface area contributed by atoms with Crippen molar-refractivity contribution in [3.05, 3.63) is 18.7 Å². The maximum absolute atomic E-state index is 13.2. The van der Waals surface area contributed by atoms with Gasteiger partial charge in [-0.1, -0.05) is 12.8 Å². The maximum atomic E-state index is 13.2. The number of hydrogen-bond acceptors (Lipinski definition) is 2. The van der Waals surface area contributed by atoms with Gasteiger partial charge in [0.25, 0.3) is 0 Å². The molecule has 2 fully saturated rings. The summed E-state index contributed by atoms with van der Waals surface area (Å²) in [6.07, 6.45) is 4.41. The molecule has 7 heteroatoms. The van der Waals surface area contributed by atoms with Crippen LogP contribution in [-0.4, -0.2) is 39.6 Å². The van der Waals surface area contributed by atoms with Gasteiger partial charge in [-0.3, -0.25) is 4.79 Å². The highest BCUT2D eigenvalue weighted by Gasteiger charge is 2.49. The molecule has 1 aliphatic heterocycles. The van der Waals surface area contributed by atoms with Crippen molar-refractivity contribution in [2.24, 2.45) is 11.8 Å². The van der Waals surface area contributed by atoms with Gasteiger partial charge in [-0.25, -0.2) is 4.98 Å². The molecule has 1 saturated heterocycles. The number of likely N-dealkylation sites (tertiary alicyclic amines) is 1. The second-order valence-corrected chi connectivity index (χ2v) is 6.63. The molecule has 128 valence electrons. The molecule has 2 heterocycles. The van der Waals surface area contributed by atoms with Crippen LogP contribution in [0.25, 0.3) is 0 Å². The van der Waals surface area contributed by atoms with E-state index >= 15 is 0 Å². The first kappa shape index (κ1) is 16.3. The van der Waals surface area contributed by atoms with E-state index in [0.29, 0.717) is 32.4 Å². The van der Waals surface area contributed by atoms with Gasteiger partial charge in [-0.2, -0.15) is 13.2 Å². The van der Waals surface area contributed by atoms with Crippen LogP contribution >= 0.6 is 0 Å². The average Bonchev–Trinajstić information content (AvgIpc) is 3.08. The average molecular weight is 329 g/mol. The van der Waals surface area contributed by atoms with Crippen molar-refractivity contribution >= 4 is 5.91 Å². The summed E-state index contributed by atoms with van der Waals surface area (Å²) in [5.41, 5.74) is 0. The van der Waals surface area contributed by atoms with E-state index in [9.17, 15) is 18.0 Å². The Morgan fingerprint density at radius 1 is 1.13 bits per heavy atom. The summed E-state index contributed by atoms with van der Waals surface area (Å²) in [5.74, 6) is -2.68. The van der Waals surface area contributed by atoms with Crippen LogP contribution in [0.3, 0.4) is 0 Å². The van der Waals surface area contributed by atoms with Crippen LogP contribution in [0.15, 0.2) is 18.7 Å². The number of alkyl halides is 3. The Kier molecular flexibility index (Phi) is 4.64. The zero-order valence-electron chi connectivity index (χ0n) is 13.0. The second-order valence-electron chi connectivity index (χ2n) is 6.63. The molecule has 1 aliphatic carbocycles. The number of imidazole rings is 1. The molecule has 1 saturated carbocycles. The third kappa shape index (κ3) is 3.53. The maximum Gasteiger partial charge on any atom is 0.392 e. The molecule has 0 aromatic carbocycles. The lowest BCUT2D eigenvalue weighted by Gasteiger charge is -2.39. The highest BCUT2D eigenvalue weighted by Crippen LogP contribution is 2.42. The first-order valence-corrected chi connectivity index (χ1v) is 8.30.